The highest BCUT2D eigenvalue weighted by atomic mass is 32.1. The zero-order chi connectivity index (χ0) is 16.7. The van der Waals surface area contributed by atoms with E-state index >= 15 is 0 Å². The number of amides is 1. The number of piperazine rings is 1. The minimum absolute atomic E-state index is 0.0256. The molecule has 7 heteroatoms. The first kappa shape index (κ1) is 15.1. The summed E-state index contributed by atoms with van der Waals surface area (Å²) in [5.41, 5.74) is 1.48. The van der Waals surface area contributed by atoms with Gasteiger partial charge in [0.15, 0.2) is 4.96 Å². The van der Waals surface area contributed by atoms with Gasteiger partial charge in [0.05, 0.1) is 0 Å². The predicted octanol–water partition coefficient (Wildman–Crippen LogP) is 2.81. The normalized spacial score (nSPS) is 15.2. The number of hydrogen-bond acceptors (Lipinski definition) is 4. The number of fused-ring (bicyclic) bond motifs is 1. The summed E-state index contributed by atoms with van der Waals surface area (Å²) in [7, 11) is 0. The summed E-state index contributed by atoms with van der Waals surface area (Å²) >= 11 is 1.58. The standard InChI is InChI=1S/C17H17FN4OS/c1-12-10-22-11-15(19-17(22)24-12)16(23)21-8-6-20(7-9-21)14-4-2-13(18)3-5-14/h2-5,10-11H,6-9H2,1H3. The molecule has 124 valence electrons. The third-order valence-electron chi connectivity index (χ3n) is 4.25. The molecular weight excluding hydrogens is 327 g/mol. The molecule has 1 aliphatic rings. The molecular formula is C17H17FN4OS. The second-order valence-electron chi connectivity index (χ2n) is 5.91. The van der Waals surface area contributed by atoms with Crippen LogP contribution in [0.3, 0.4) is 0 Å². The van der Waals surface area contributed by atoms with Gasteiger partial charge in [0.1, 0.15) is 11.5 Å². The second-order valence-corrected chi connectivity index (χ2v) is 7.13. The predicted molar refractivity (Wildman–Crippen MR) is 92.3 cm³/mol. The molecule has 0 spiro atoms. The van der Waals surface area contributed by atoms with Gasteiger partial charge in [-0.05, 0) is 31.2 Å². The molecule has 1 aromatic carbocycles. The monoisotopic (exact) mass is 344 g/mol. The first-order valence-electron chi connectivity index (χ1n) is 7.85. The van der Waals surface area contributed by atoms with Crippen molar-refractivity contribution >= 4 is 27.9 Å². The zero-order valence-corrected chi connectivity index (χ0v) is 14.1. The highest BCUT2D eigenvalue weighted by Crippen LogP contribution is 2.20. The number of anilines is 1. The summed E-state index contributed by atoms with van der Waals surface area (Å²) < 4.78 is 14.9. The maximum atomic E-state index is 13.0. The van der Waals surface area contributed by atoms with E-state index in [9.17, 15) is 9.18 Å². The van der Waals surface area contributed by atoms with E-state index in [1.165, 1.54) is 17.0 Å². The number of imidazole rings is 1. The molecule has 3 aromatic rings. The fraction of sp³-hybridized carbons (Fsp3) is 0.294. The summed E-state index contributed by atoms with van der Waals surface area (Å²) in [5, 5.41) is 0. The van der Waals surface area contributed by atoms with Crippen LogP contribution >= 0.6 is 11.3 Å². The number of carbonyl (C=O) groups excluding carboxylic acids is 1. The molecule has 0 aliphatic carbocycles. The third-order valence-corrected chi connectivity index (χ3v) is 5.16. The Bertz CT molecular complexity index is 846. The summed E-state index contributed by atoms with van der Waals surface area (Å²) in [6.45, 7) is 4.77. The van der Waals surface area contributed by atoms with Crippen molar-refractivity contribution in [3.05, 3.63) is 53.0 Å². The lowest BCUT2D eigenvalue weighted by Gasteiger charge is -2.35. The smallest absolute Gasteiger partial charge is 0.274 e. The number of halogens is 1. The molecule has 4 rings (SSSR count). The van der Waals surface area contributed by atoms with Crippen molar-refractivity contribution in [2.75, 3.05) is 31.1 Å². The molecule has 1 saturated heterocycles. The Kier molecular flexibility index (Phi) is 3.72. The quantitative estimate of drug-likeness (QED) is 0.718. The van der Waals surface area contributed by atoms with Crippen LogP contribution in [0.25, 0.3) is 4.96 Å². The lowest BCUT2D eigenvalue weighted by atomic mass is 10.2. The molecule has 0 unspecified atom stereocenters. The molecule has 1 amide bonds. The highest BCUT2D eigenvalue weighted by Gasteiger charge is 2.24. The van der Waals surface area contributed by atoms with Crippen LogP contribution in [-0.2, 0) is 0 Å². The topological polar surface area (TPSA) is 40.9 Å². The van der Waals surface area contributed by atoms with Crippen LogP contribution in [0.5, 0.6) is 0 Å². The van der Waals surface area contributed by atoms with Gasteiger partial charge in [-0.2, -0.15) is 0 Å². The summed E-state index contributed by atoms with van der Waals surface area (Å²) in [5.74, 6) is -0.259. The van der Waals surface area contributed by atoms with E-state index in [4.69, 9.17) is 0 Å². The van der Waals surface area contributed by atoms with Gasteiger partial charge in [0, 0.05) is 49.1 Å². The Hall–Kier alpha value is -2.41. The average molecular weight is 344 g/mol. The largest absolute Gasteiger partial charge is 0.368 e. The van der Waals surface area contributed by atoms with Crippen molar-refractivity contribution in [3.63, 3.8) is 0 Å². The van der Waals surface area contributed by atoms with Gasteiger partial charge in [-0.3, -0.25) is 9.20 Å². The maximum Gasteiger partial charge on any atom is 0.274 e. The molecule has 1 fully saturated rings. The van der Waals surface area contributed by atoms with Crippen LogP contribution in [0, 0.1) is 12.7 Å². The number of hydrogen-bond donors (Lipinski definition) is 0. The summed E-state index contributed by atoms with van der Waals surface area (Å²) in [4.78, 5) is 23.1. The molecule has 1 aliphatic heterocycles. The Labute approximate surface area is 142 Å². The van der Waals surface area contributed by atoms with Gasteiger partial charge in [-0.25, -0.2) is 9.37 Å². The van der Waals surface area contributed by atoms with E-state index in [1.807, 2.05) is 22.4 Å². The van der Waals surface area contributed by atoms with Crippen molar-refractivity contribution in [2.24, 2.45) is 0 Å². The van der Waals surface area contributed by atoms with Crippen LogP contribution < -0.4 is 4.90 Å². The molecule has 0 bridgehead atoms. The molecule has 0 atom stereocenters. The van der Waals surface area contributed by atoms with Crippen LogP contribution in [0.1, 0.15) is 15.4 Å². The third kappa shape index (κ3) is 2.75. The van der Waals surface area contributed by atoms with Crippen LogP contribution in [-0.4, -0.2) is 46.4 Å². The highest BCUT2D eigenvalue weighted by molar-refractivity contribution is 7.17. The number of aryl methyl sites for hydroxylation is 1. The molecule has 5 nitrogen and oxygen atoms in total. The van der Waals surface area contributed by atoms with Crippen molar-refractivity contribution in [3.8, 4) is 0 Å². The van der Waals surface area contributed by atoms with E-state index in [1.54, 1.807) is 29.7 Å². The van der Waals surface area contributed by atoms with Crippen molar-refractivity contribution in [2.45, 2.75) is 6.92 Å². The van der Waals surface area contributed by atoms with Gasteiger partial charge in [-0.15, -0.1) is 11.3 Å². The minimum atomic E-state index is -0.234. The van der Waals surface area contributed by atoms with E-state index in [0.717, 1.165) is 23.7 Å². The molecule has 0 radical (unpaired) electrons. The lowest BCUT2D eigenvalue weighted by Crippen LogP contribution is -2.48. The average Bonchev–Trinajstić information content (AvgIpc) is 3.12. The van der Waals surface area contributed by atoms with Crippen molar-refractivity contribution in [1.82, 2.24) is 14.3 Å². The van der Waals surface area contributed by atoms with Gasteiger partial charge in [0.2, 0.25) is 0 Å². The number of thiazole rings is 1. The Balaban J connectivity index is 1.43. The summed E-state index contributed by atoms with van der Waals surface area (Å²) in [6, 6.07) is 6.48. The van der Waals surface area contributed by atoms with Crippen molar-refractivity contribution < 1.29 is 9.18 Å². The number of rotatable bonds is 2. The van der Waals surface area contributed by atoms with Gasteiger partial charge >= 0.3 is 0 Å². The minimum Gasteiger partial charge on any atom is -0.368 e. The zero-order valence-electron chi connectivity index (χ0n) is 13.3. The van der Waals surface area contributed by atoms with Crippen molar-refractivity contribution in [1.29, 1.82) is 0 Å². The van der Waals surface area contributed by atoms with Crippen LogP contribution in [0.2, 0.25) is 0 Å². The first-order chi connectivity index (χ1) is 11.6. The van der Waals surface area contributed by atoms with Gasteiger partial charge < -0.3 is 9.80 Å². The Morgan fingerprint density at radius 1 is 1.12 bits per heavy atom. The second kappa shape index (κ2) is 5.90. The molecule has 3 heterocycles. The van der Waals surface area contributed by atoms with Crippen LogP contribution in [0.15, 0.2) is 36.7 Å². The van der Waals surface area contributed by atoms with Crippen LogP contribution in [0.4, 0.5) is 10.1 Å². The number of carbonyl (C=O) groups is 1. The fourth-order valence-electron chi connectivity index (χ4n) is 3.00. The fourth-order valence-corrected chi connectivity index (χ4v) is 3.80. The number of nitrogens with zero attached hydrogens (tertiary/aromatic N) is 4. The summed E-state index contributed by atoms with van der Waals surface area (Å²) in [6.07, 6.45) is 3.78. The van der Waals surface area contributed by atoms with E-state index in [0.29, 0.717) is 18.8 Å². The van der Waals surface area contributed by atoms with Gasteiger partial charge in [-0.1, -0.05) is 0 Å². The SMILES string of the molecule is Cc1cn2cc(C(=O)N3CCN(c4ccc(F)cc4)CC3)nc2s1. The Morgan fingerprint density at radius 3 is 2.50 bits per heavy atom. The molecule has 0 N–H and O–H groups in total. The van der Waals surface area contributed by atoms with Gasteiger partial charge in [0.25, 0.3) is 5.91 Å². The Morgan fingerprint density at radius 2 is 1.83 bits per heavy atom. The first-order valence-corrected chi connectivity index (χ1v) is 8.67. The number of benzene rings is 1. The lowest BCUT2D eigenvalue weighted by molar-refractivity contribution is 0.0741. The molecule has 2 aromatic heterocycles. The van der Waals surface area contributed by atoms with E-state index in [-0.39, 0.29) is 11.7 Å². The van der Waals surface area contributed by atoms with E-state index < -0.39 is 0 Å². The molecule has 0 saturated carbocycles. The van der Waals surface area contributed by atoms with E-state index in [2.05, 4.69) is 9.88 Å². The molecule has 24 heavy (non-hydrogen) atoms. The maximum absolute atomic E-state index is 13.0. The number of aromatic nitrogens is 2.